The van der Waals surface area contributed by atoms with Crippen molar-refractivity contribution in [1.82, 2.24) is 24.9 Å². The number of hydrogen-bond donors (Lipinski definition) is 1. The molecule has 0 bridgehead atoms. The van der Waals surface area contributed by atoms with Crippen LogP contribution in [-0.2, 0) is 24.1 Å². The van der Waals surface area contributed by atoms with Crippen LogP contribution in [0.2, 0.25) is 5.02 Å². The number of hydrogen-bond acceptors (Lipinski definition) is 3. The van der Waals surface area contributed by atoms with Crippen LogP contribution in [0.1, 0.15) is 67.7 Å². The van der Waals surface area contributed by atoms with Gasteiger partial charge in [0.25, 0.3) is 0 Å². The lowest BCUT2D eigenvalue weighted by Crippen LogP contribution is -2.28. The molecule has 2 aromatic rings. The van der Waals surface area contributed by atoms with Gasteiger partial charge in [-0.2, -0.15) is 23.4 Å². The Bertz CT molecular complexity index is 869. The molecule has 3 rings (SSSR count). The zero-order valence-corrected chi connectivity index (χ0v) is 16.7. The normalized spacial score (nSPS) is 15.7. The van der Waals surface area contributed by atoms with Crippen LogP contribution in [0.25, 0.3) is 0 Å². The van der Waals surface area contributed by atoms with Crippen LogP contribution in [0.3, 0.4) is 0 Å². The Kier molecular flexibility index (Phi) is 5.74. The molecule has 154 valence electrons. The fraction of sp³-hybridized carbons (Fsp3) is 0.611. The molecule has 1 amide bonds. The molecule has 6 nitrogen and oxygen atoms in total. The molecule has 1 aliphatic rings. The summed E-state index contributed by atoms with van der Waals surface area (Å²) in [4.78, 5) is 12.3. The molecule has 28 heavy (non-hydrogen) atoms. The zero-order valence-electron chi connectivity index (χ0n) is 16.0. The van der Waals surface area contributed by atoms with Crippen molar-refractivity contribution in [3.63, 3.8) is 0 Å². The summed E-state index contributed by atoms with van der Waals surface area (Å²) < 4.78 is 42.4. The molecule has 1 fully saturated rings. The number of rotatable bonds is 7. The molecule has 1 N–H and O–H groups in total. The lowest BCUT2D eigenvalue weighted by molar-refractivity contribution is -0.141. The van der Waals surface area contributed by atoms with Crippen LogP contribution in [0.4, 0.5) is 13.2 Å². The Morgan fingerprint density at radius 3 is 2.61 bits per heavy atom. The first kappa shape index (κ1) is 20.7. The lowest BCUT2D eigenvalue weighted by Gasteiger charge is -2.14. The van der Waals surface area contributed by atoms with Gasteiger partial charge in [0.15, 0.2) is 5.69 Å². The molecule has 1 unspecified atom stereocenters. The highest BCUT2D eigenvalue weighted by molar-refractivity contribution is 6.32. The second-order valence-corrected chi connectivity index (χ2v) is 7.46. The monoisotopic (exact) mass is 417 g/mol. The Hall–Kier alpha value is -2.03. The van der Waals surface area contributed by atoms with Gasteiger partial charge in [0.05, 0.1) is 29.5 Å². The van der Waals surface area contributed by atoms with E-state index in [1.807, 2.05) is 25.5 Å². The second kappa shape index (κ2) is 7.77. The van der Waals surface area contributed by atoms with Crippen LogP contribution in [-0.4, -0.2) is 25.5 Å². The standard InChI is InChI=1S/C18H23ClF3N5O/c1-4-26-11(3)13(9-23-26)10(2)24-14(28)7-8-27-16(12-5-6-12)15(19)17(25-27)18(20,21)22/h9-10,12H,4-8H2,1-3H3,(H,24,28). The Morgan fingerprint density at radius 2 is 2.07 bits per heavy atom. The van der Waals surface area contributed by atoms with Gasteiger partial charge in [-0.25, -0.2) is 0 Å². The van der Waals surface area contributed by atoms with Gasteiger partial charge in [0, 0.05) is 30.1 Å². The van der Waals surface area contributed by atoms with E-state index in [-0.39, 0.29) is 35.9 Å². The number of amides is 1. The molecular weight excluding hydrogens is 395 g/mol. The highest BCUT2D eigenvalue weighted by atomic mass is 35.5. The molecule has 1 atom stereocenters. The number of nitrogens with one attached hydrogen (secondary N) is 1. The van der Waals surface area contributed by atoms with E-state index < -0.39 is 11.9 Å². The van der Waals surface area contributed by atoms with Crippen molar-refractivity contribution >= 4 is 17.5 Å². The summed E-state index contributed by atoms with van der Waals surface area (Å²) in [6, 6.07) is -0.248. The van der Waals surface area contributed by atoms with Crippen molar-refractivity contribution in [3.8, 4) is 0 Å². The second-order valence-electron chi connectivity index (χ2n) is 7.08. The molecule has 0 spiro atoms. The minimum atomic E-state index is -4.61. The summed E-state index contributed by atoms with van der Waals surface area (Å²) in [7, 11) is 0. The molecule has 1 aliphatic carbocycles. The van der Waals surface area contributed by atoms with Gasteiger partial charge < -0.3 is 5.32 Å². The van der Waals surface area contributed by atoms with Crippen LogP contribution < -0.4 is 5.32 Å². The molecular formula is C18H23ClF3N5O. The summed E-state index contributed by atoms with van der Waals surface area (Å²) in [6.45, 7) is 6.55. The topological polar surface area (TPSA) is 64.7 Å². The lowest BCUT2D eigenvalue weighted by atomic mass is 10.1. The highest BCUT2D eigenvalue weighted by Gasteiger charge is 2.42. The summed E-state index contributed by atoms with van der Waals surface area (Å²) in [6.07, 6.45) is -1.31. The highest BCUT2D eigenvalue weighted by Crippen LogP contribution is 2.46. The van der Waals surface area contributed by atoms with Gasteiger partial charge >= 0.3 is 6.18 Å². The van der Waals surface area contributed by atoms with E-state index in [1.54, 1.807) is 6.20 Å². The molecule has 2 heterocycles. The van der Waals surface area contributed by atoms with Gasteiger partial charge in [0.2, 0.25) is 5.91 Å². The van der Waals surface area contributed by atoms with Gasteiger partial charge in [-0.3, -0.25) is 14.2 Å². The predicted octanol–water partition coefficient (Wildman–Crippen LogP) is 4.23. The maximum absolute atomic E-state index is 13.1. The average molecular weight is 418 g/mol. The smallest absolute Gasteiger partial charge is 0.349 e. The van der Waals surface area contributed by atoms with E-state index in [0.29, 0.717) is 5.69 Å². The Labute approximate surface area is 166 Å². The van der Waals surface area contributed by atoms with Crippen LogP contribution >= 0.6 is 11.6 Å². The summed E-state index contributed by atoms with van der Waals surface area (Å²) in [5.74, 6) is -0.279. The van der Waals surface area contributed by atoms with Crippen molar-refractivity contribution in [2.45, 2.75) is 71.3 Å². The van der Waals surface area contributed by atoms with Crippen LogP contribution in [0, 0.1) is 6.92 Å². The van der Waals surface area contributed by atoms with Crippen LogP contribution in [0.5, 0.6) is 0 Å². The van der Waals surface area contributed by atoms with Gasteiger partial charge in [0.1, 0.15) is 0 Å². The molecule has 0 aromatic carbocycles. The van der Waals surface area contributed by atoms with Crippen molar-refractivity contribution in [2.24, 2.45) is 0 Å². The summed E-state index contributed by atoms with van der Waals surface area (Å²) in [5.41, 5.74) is 1.19. The summed E-state index contributed by atoms with van der Waals surface area (Å²) in [5, 5.41) is 10.4. The first-order valence-electron chi connectivity index (χ1n) is 9.28. The van der Waals surface area contributed by atoms with Gasteiger partial charge in [-0.05, 0) is 33.6 Å². The number of carbonyl (C=O) groups is 1. The minimum Gasteiger partial charge on any atom is -0.349 e. The zero-order chi connectivity index (χ0) is 20.6. The Balaban J connectivity index is 1.67. The number of aryl methyl sites for hydroxylation is 2. The third-order valence-electron chi connectivity index (χ3n) is 5.00. The SMILES string of the molecule is CCn1ncc(C(C)NC(=O)CCn2nc(C(F)(F)F)c(Cl)c2C2CC2)c1C. The number of alkyl halides is 3. The fourth-order valence-corrected chi connectivity index (χ4v) is 3.75. The predicted molar refractivity (Wildman–Crippen MR) is 98.0 cm³/mol. The Morgan fingerprint density at radius 1 is 1.39 bits per heavy atom. The van der Waals surface area contributed by atoms with Crippen molar-refractivity contribution in [1.29, 1.82) is 0 Å². The van der Waals surface area contributed by atoms with Crippen molar-refractivity contribution < 1.29 is 18.0 Å². The molecule has 0 saturated heterocycles. The number of carbonyl (C=O) groups excluding carboxylic acids is 1. The summed E-state index contributed by atoms with van der Waals surface area (Å²) >= 11 is 5.95. The van der Waals surface area contributed by atoms with E-state index >= 15 is 0 Å². The van der Waals surface area contributed by atoms with E-state index in [2.05, 4.69) is 15.5 Å². The average Bonchev–Trinajstić information content (AvgIpc) is 3.28. The number of halogens is 4. The van der Waals surface area contributed by atoms with Crippen LogP contribution in [0.15, 0.2) is 6.20 Å². The van der Waals surface area contributed by atoms with E-state index in [0.717, 1.165) is 30.6 Å². The third kappa shape index (κ3) is 4.19. The minimum absolute atomic E-state index is 0.0133. The van der Waals surface area contributed by atoms with Gasteiger partial charge in [-0.1, -0.05) is 11.6 Å². The van der Waals surface area contributed by atoms with E-state index in [4.69, 9.17) is 11.6 Å². The molecule has 1 saturated carbocycles. The fourth-order valence-electron chi connectivity index (χ4n) is 3.36. The van der Waals surface area contributed by atoms with Crippen molar-refractivity contribution in [3.05, 3.63) is 33.9 Å². The first-order valence-corrected chi connectivity index (χ1v) is 9.66. The van der Waals surface area contributed by atoms with Gasteiger partial charge in [-0.15, -0.1) is 0 Å². The van der Waals surface area contributed by atoms with E-state index in [9.17, 15) is 18.0 Å². The third-order valence-corrected chi connectivity index (χ3v) is 5.37. The molecule has 10 heteroatoms. The molecule has 2 aromatic heterocycles. The first-order chi connectivity index (χ1) is 13.1. The maximum Gasteiger partial charge on any atom is 0.436 e. The maximum atomic E-state index is 13.1. The largest absolute Gasteiger partial charge is 0.436 e. The quantitative estimate of drug-likeness (QED) is 0.733. The van der Waals surface area contributed by atoms with Crippen molar-refractivity contribution in [2.75, 3.05) is 0 Å². The number of aromatic nitrogens is 4. The number of nitrogens with zero attached hydrogens (tertiary/aromatic N) is 4. The van der Waals surface area contributed by atoms with E-state index in [1.165, 1.54) is 4.68 Å². The molecule has 0 aliphatic heterocycles. The molecule has 0 radical (unpaired) electrons.